The van der Waals surface area contributed by atoms with E-state index in [0.717, 1.165) is 43.8 Å². The van der Waals surface area contributed by atoms with E-state index in [1.165, 1.54) is 24.0 Å². The van der Waals surface area contributed by atoms with E-state index in [9.17, 15) is 5.11 Å². The first-order chi connectivity index (χ1) is 13.2. The highest BCUT2D eigenvalue weighted by atomic mass is 16.5. The van der Waals surface area contributed by atoms with Gasteiger partial charge >= 0.3 is 0 Å². The van der Waals surface area contributed by atoms with Crippen molar-refractivity contribution < 1.29 is 9.84 Å². The number of benzene rings is 2. The standard InChI is InChI=1S/C24H33NO2/c1-4-22(18-8-11-21(27-3)12-9-18)23(5-2)19-10-13-24(26)20(16-19)17-25-14-6-7-15-25/h8-13,16,22-23,26H,4-7,14-15,17H2,1-3H3. The molecule has 1 fully saturated rings. The van der Waals surface area contributed by atoms with Gasteiger partial charge in [0.1, 0.15) is 11.5 Å². The van der Waals surface area contributed by atoms with Crippen LogP contribution in [0.4, 0.5) is 0 Å². The Morgan fingerprint density at radius 1 is 0.926 bits per heavy atom. The smallest absolute Gasteiger partial charge is 0.120 e. The molecule has 0 bridgehead atoms. The molecule has 1 heterocycles. The molecule has 27 heavy (non-hydrogen) atoms. The van der Waals surface area contributed by atoms with E-state index in [4.69, 9.17) is 4.74 Å². The second-order valence-electron chi connectivity index (χ2n) is 7.67. The number of aromatic hydroxyl groups is 1. The number of likely N-dealkylation sites (tertiary alicyclic amines) is 1. The Bertz CT molecular complexity index is 720. The summed E-state index contributed by atoms with van der Waals surface area (Å²) < 4.78 is 5.31. The molecule has 3 heteroatoms. The van der Waals surface area contributed by atoms with Crippen molar-refractivity contribution in [3.63, 3.8) is 0 Å². The SMILES string of the molecule is CCC(c1ccc(OC)cc1)C(CC)c1ccc(O)c(CN2CCCC2)c1. The van der Waals surface area contributed by atoms with Gasteiger partial charge < -0.3 is 9.84 Å². The van der Waals surface area contributed by atoms with E-state index in [1.807, 2.05) is 6.07 Å². The van der Waals surface area contributed by atoms with Gasteiger partial charge in [-0.15, -0.1) is 0 Å². The topological polar surface area (TPSA) is 32.7 Å². The molecular formula is C24H33NO2. The first kappa shape index (κ1) is 19.8. The normalized spacial score (nSPS) is 17.0. The zero-order chi connectivity index (χ0) is 19.2. The van der Waals surface area contributed by atoms with Crippen molar-refractivity contribution in [2.24, 2.45) is 0 Å². The van der Waals surface area contributed by atoms with Crippen LogP contribution in [0.25, 0.3) is 0 Å². The molecule has 2 unspecified atom stereocenters. The average molecular weight is 368 g/mol. The van der Waals surface area contributed by atoms with Gasteiger partial charge in [0.2, 0.25) is 0 Å². The van der Waals surface area contributed by atoms with Crippen molar-refractivity contribution in [3.8, 4) is 11.5 Å². The fraction of sp³-hybridized carbons (Fsp3) is 0.500. The molecule has 2 aromatic carbocycles. The first-order valence-electron chi connectivity index (χ1n) is 10.3. The summed E-state index contributed by atoms with van der Waals surface area (Å²) in [4.78, 5) is 2.45. The molecule has 2 aromatic rings. The minimum atomic E-state index is 0.429. The van der Waals surface area contributed by atoms with Crippen molar-refractivity contribution in [1.29, 1.82) is 0 Å². The Morgan fingerprint density at radius 2 is 1.52 bits per heavy atom. The third-order valence-corrected chi connectivity index (χ3v) is 6.03. The molecule has 1 saturated heterocycles. The molecule has 0 aromatic heterocycles. The Labute approximate surface area is 164 Å². The number of phenolic OH excluding ortho intramolecular Hbond substituents is 1. The summed E-state index contributed by atoms with van der Waals surface area (Å²) in [5.41, 5.74) is 3.77. The largest absolute Gasteiger partial charge is 0.508 e. The molecule has 0 amide bonds. The molecular weight excluding hydrogens is 334 g/mol. The van der Waals surface area contributed by atoms with E-state index in [1.54, 1.807) is 7.11 Å². The molecule has 0 spiro atoms. The van der Waals surface area contributed by atoms with Crippen LogP contribution >= 0.6 is 0 Å². The molecule has 1 aliphatic heterocycles. The molecule has 0 radical (unpaired) electrons. The van der Waals surface area contributed by atoms with Crippen molar-refractivity contribution in [2.75, 3.05) is 20.2 Å². The number of methoxy groups -OCH3 is 1. The third kappa shape index (κ3) is 4.65. The molecule has 1 N–H and O–H groups in total. The van der Waals surface area contributed by atoms with Crippen molar-refractivity contribution in [1.82, 2.24) is 4.90 Å². The molecule has 0 aliphatic carbocycles. The van der Waals surface area contributed by atoms with Crippen LogP contribution in [0.3, 0.4) is 0 Å². The highest BCUT2D eigenvalue weighted by molar-refractivity contribution is 5.40. The Kier molecular flexibility index (Phi) is 6.78. The Morgan fingerprint density at radius 3 is 2.11 bits per heavy atom. The van der Waals surface area contributed by atoms with Crippen LogP contribution in [0, 0.1) is 0 Å². The van der Waals surface area contributed by atoms with Gasteiger partial charge in [0.25, 0.3) is 0 Å². The summed E-state index contributed by atoms with van der Waals surface area (Å²) >= 11 is 0. The zero-order valence-corrected chi connectivity index (χ0v) is 16.9. The van der Waals surface area contributed by atoms with Gasteiger partial charge in [-0.1, -0.05) is 38.1 Å². The van der Waals surface area contributed by atoms with Crippen LogP contribution in [-0.2, 0) is 6.54 Å². The van der Waals surface area contributed by atoms with Gasteiger partial charge in [-0.25, -0.2) is 0 Å². The van der Waals surface area contributed by atoms with Gasteiger partial charge in [-0.3, -0.25) is 4.90 Å². The predicted molar refractivity (Wildman–Crippen MR) is 112 cm³/mol. The van der Waals surface area contributed by atoms with Crippen LogP contribution < -0.4 is 4.74 Å². The number of rotatable bonds is 8. The number of hydrogen-bond donors (Lipinski definition) is 1. The summed E-state index contributed by atoms with van der Waals surface area (Å²) in [5, 5.41) is 10.4. The quantitative estimate of drug-likeness (QED) is 0.651. The summed E-state index contributed by atoms with van der Waals surface area (Å²) in [5.74, 6) is 2.24. The molecule has 3 rings (SSSR count). The summed E-state index contributed by atoms with van der Waals surface area (Å²) in [6.07, 6.45) is 4.71. The molecule has 1 aliphatic rings. The lowest BCUT2D eigenvalue weighted by molar-refractivity contribution is 0.323. The highest BCUT2D eigenvalue weighted by Gasteiger charge is 2.23. The van der Waals surface area contributed by atoms with Crippen LogP contribution in [-0.4, -0.2) is 30.2 Å². The van der Waals surface area contributed by atoms with Crippen LogP contribution in [0.1, 0.15) is 68.1 Å². The van der Waals surface area contributed by atoms with Gasteiger partial charge in [0.15, 0.2) is 0 Å². The van der Waals surface area contributed by atoms with Crippen molar-refractivity contribution in [2.45, 2.75) is 57.9 Å². The molecule has 0 saturated carbocycles. The third-order valence-electron chi connectivity index (χ3n) is 6.03. The maximum Gasteiger partial charge on any atom is 0.120 e. The predicted octanol–water partition coefficient (Wildman–Crippen LogP) is 5.68. The van der Waals surface area contributed by atoms with Gasteiger partial charge in [-0.05, 0) is 79.9 Å². The maximum atomic E-state index is 10.4. The minimum absolute atomic E-state index is 0.429. The number of nitrogens with zero attached hydrogens (tertiary/aromatic N) is 1. The summed E-state index contributed by atoms with van der Waals surface area (Å²) in [7, 11) is 1.71. The lowest BCUT2D eigenvalue weighted by Crippen LogP contribution is -2.19. The summed E-state index contributed by atoms with van der Waals surface area (Å²) in [6, 6.07) is 14.8. The first-order valence-corrected chi connectivity index (χ1v) is 10.3. The van der Waals surface area contributed by atoms with E-state index >= 15 is 0 Å². The van der Waals surface area contributed by atoms with Gasteiger partial charge in [-0.2, -0.15) is 0 Å². The average Bonchev–Trinajstić information content (AvgIpc) is 3.21. The molecule has 146 valence electrons. The van der Waals surface area contributed by atoms with E-state index in [2.05, 4.69) is 55.1 Å². The lowest BCUT2D eigenvalue weighted by Gasteiger charge is -2.27. The van der Waals surface area contributed by atoms with E-state index in [0.29, 0.717) is 17.6 Å². The highest BCUT2D eigenvalue weighted by Crippen LogP contribution is 2.39. The second-order valence-corrected chi connectivity index (χ2v) is 7.67. The monoisotopic (exact) mass is 367 g/mol. The van der Waals surface area contributed by atoms with Crippen LogP contribution in [0.2, 0.25) is 0 Å². The van der Waals surface area contributed by atoms with Crippen molar-refractivity contribution in [3.05, 3.63) is 59.2 Å². The van der Waals surface area contributed by atoms with Crippen LogP contribution in [0.15, 0.2) is 42.5 Å². The Balaban J connectivity index is 1.85. The molecule has 2 atom stereocenters. The van der Waals surface area contributed by atoms with Crippen molar-refractivity contribution >= 4 is 0 Å². The maximum absolute atomic E-state index is 10.4. The number of hydrogen-bond acceptors (Lipinski definition) is 3. The lowest BCUT2D eigenvalue weighted by atomic mass is 9.78. The van der Waals surface area contributed by atoms with E-state index in [-0.39, 0.29) is 0 Å². The zero-order valence-electron chi connectivity index (χ0n) is 16.9. The minimum Gasteiger partial charge on any atom is -0.508 e. The fourth-order valence-electron chi connectivity index (χ4n) is 4.50. The van der Waals surface area contributed by atoms with Gasteiger partial charge in [0.05, 0.1) is 7.11 Å². The van der Waals surface area contributed by atoms with Gasteiger partial charge in [0, 0.05) is 12.1 Å². The second kappa shape index (κ2) is 9.27. The fourth-order valence-corrected chi connectivity index (χ4v) is 4.50. The Hall–Kier alpha value is -2.00. The van der Waals surface area contributed by atoms with Crippen LogP contribution in [0.5, 0.6) is 11.5 Å². The summed E-state index contributed by atoms with van der Waals surface area (Å²) in [6.45, 7) is 7.68. The number of phenols is 1. The van der Waals surface area contributed by atoms with E-state index < -0.39 is 0 Å². The number of ether oxygens (including phenoxy) is 1. The molecule has 3 nitrogen and oxygen atoms in total.